The van der Waals surface area contributed by atoms with Gasteiger partial charge in [-0.2, -0.15) is 0 Å². The molecule has 3 N–H and O–H groups in total. The van der Waals surface area contributed by atoms with E-state index in [1.807, 2.05) is 13.0 Å². The van der Waals surface area contributed by atoms with Crippen LogP contribution in [0.5, 0.6) is 0 Å². The Hall–Kier alpha value is -0.970. The highest BCUT2D eigenvalue weighted by Crippen LogP contribution is 2.26. The molecule has 6 heteroatoms. The van der Waals surface area contributed by atoms with Crippen LogP contribution in [0.25, 0.3) is 0 Å². The molecule has 1 saturated carbocycles. The molecular weight excluding hydrogens is 311 g/mol. The van der Waals surface area contributed by atoms with Gasteiger partial charge in [-0.25, -0.2) is 4.79 Å². The van der Waals surface area contributed by atoms with E-state index in [4.69, 9.17) is 23.2 Å². The summed E-state index contributed by atoms with van der Waals surface area (Å²) < 4.78 is 0. The molecular formula is C15H20Cl2N2O2. The third kappa shape index (κ3) is 4.77. The second kappa shape index (κ2) is 7.34. The summed E-state index contributed by atoms with van der Waals surface area (Å²) in [5.41, 5.74) is 0.899. The van der Waals surface area contributed by atoms with E-state index >= 15 is 0 Å². The van der Waals surface area contributed by atoms with E-state index in [0.717, 1.165) is 24.8 Å². The van der Waals surface area contributed by atoms with Crippen LogP contribution in [0.4, 0.5) is 4.79 Å². The summed E-state index contributed by atoms with van der Waals surface area (Å²) >= 11 is 11.8. The van der Waals surface area contributed by atoms with Gasteiger partial charge >= 0.3 is 6.03 Å². The van der Waals surface area contributed by atoms with Gasteiger partial charge in [-0.1, -0.05) is 29.3 Å². The highest BCUT2D eigenvalue weighted by molar-refractivity contribution is 6.42. The van der Waals surface area contributed by atoms with Crippen molar-refractivity contribution >= 4 is 29.2 Å². The quantitative estimate of drug-likeness (QED) is 0.791. The van der Waals surface area contributed by atoms with E-state index in [-0.39, 0.29) is 18.2 Å². The van der Waals surface area contributed by atoms with Gasteiger partial charge in [0.15, 0.2) is 0 Å². The second-order valence-electron chi connectivity index (χ2n) is 5.58. The van der Waals surface area contributed by atoms with Gasteiger partial charge in [0.2, 0.25) is 0 Å². The third-order valence-corrected chi connectivity index (χ3v) is 4.60. The van der Waals surface area contributed by atoms with Gasteiger partial charge in [0.1, 0.15) is 0 Å². The lowest BCUT2D eigenvalue weighted by atomic mass is 10.1. The molecule has 0 unspecified atom stereocenters. The van der Waals surface area contributed by atoms with Crippen molar-refractivity contribution in [2.24, 2.45) is 5.92 Å². The average Bonchev–Trinajstić information content (AvgIpc) is 2.85. The van der Waals surface area contributed by atoms with E-state index in [1.54, 1.807) is 12.1 Å². The van der Waals surface area contributed by atoms with E-state index in [1.165, 1.54) is 0 Å². The number of aliphatic hydroxyl groups is 1. The van der Waals surface area contributed by atoms with E-state index in [9.17, 15) is 9.90 Å². The van der Waals surface area contributed by atoms with Gasteiger partial charge in [-0.15, -0.1) is 0 Å². The van der Waals surface area contributed by atoms with Crippen LogP contribution in [0.2, 0.25) is 10.0 Å². The number of hydrogen-bond donors (Lipinski definition) is 3. The molecule has 0 aliphatic heterocycles. The van der Waals surface area contributed by atoms with Crippen molar-refractivity contribution in [3.63, 3.8) is 0 Å². The van der Waals surface area contributed by atoms with Crippen LogP contribution in [0, 0.1) is 5.92 Å². The molecule has 2 rings (SSSR count). The first kappa shape index (κ1) is 16.4. The SMILES string of the molecule is C[C@H](NC(=O)NC[C@@H]1CC[C@@H](O)C1)c1ccc(Cl)c(Cl)c1. The number of carbonyl (C=O) groups is 1. The number of nitrogens with one attached hydrogen (secondary N) is 2. The predicted molar refractivity (Wildman–Crippen MR) is 84.8 cm³/mol. The van der Waals surface area contributed by atoms with Crippen molar-refractivity contribution in [1.29, 1.82) is 0 Å². The van der Waals surface area contributed by atoms with Crippen LogP contribution in [0.15, 0.2) is 18.2 Å². The molecule has 116 valence electrons. The van der Waals surface area contributed by atoms with E-state index in [0.29, 0.717) is 22.5 Å². The Morgan fingerprint density at radius 1 is 1.38 bits per heavy atom. The molecule has 1 aliphatic rings. The van der Waals surface area contributed by atoms with Crippen molar-refractivity contribution in [2.75, 3.05) is 6.54 Å². The Balaban J connectivity index is 1.80. The number of carbonyl (C=O) groups excluding carboxylic acids is 1. The molecule has 3 atom stereocenters. The fourth-order valence-corrected chi connectivity index (χ4v) is 2.89. The monoisotopic (exact) mass is 330 g/mol. The molecule has 2 amide bonds. The predicted octanol–water partition coefficient (Wildman–Crippen LogP) is 3.51. The lowest BCUT2D eigenvalue weighted by Gasteiger charge is -2.17. The zero-order valence-corrected chi connectivity index (χ0v) is 13.4. The van der Waals surface area contributed by atoms with Gasteiger partial charge < -0.3 is 15.7 Å². The Morgan fingerprint density at radius 3 is 2.76 bits per heavy atom. The smallest absolute Gasteiger partial charge is 0.315 e. The molecule has 0 aromatic heterocycles. The van der Waals surface area contributed by atoms with Crippen LogP contribution in [0.3, 0.4) is 0 Å². The summed E-state index contributed by atoms with van der Waals surface area (Å²) in [6.07, 6.45) is 2.34. The summed E-state index contributed by atoms with van der Waals surface area (Å²) in [7, 11) is 0. The van der Waals surface area contributed by atoms with Gasteiger partial charge in [-0.05, 0) is 49.8 Å². The Kier molecular flexibility index (Phi) is 5.73. The van der Waals surface area contributed by atoms with Gasteiger partial charge in [-0.3, -0.25) is 0 Å². The molecule has 0 heterocycles. The maximum absolute atomic E-state index is 11.9. The summed E-state index contributed by atoms with van der Waals surface area (Å²) in [5, 5.41) is 16.1. The number of amides is 2. The summed E-state index contributed by atoms with van der Waals surface area (Å²) in [6.45, 7) is 2.48. The molecule has 1 aromatic carbocycles. The minimum absolute atomic E-state index is 0.158. The number of benzene rings is 1. The van der Waals surface area contributed by atoms with Gasteiger partial charge in [0.05, 0.1) is 22.2 Å². The molecule has 0 radical (unpaired) electrons. The maximum Gasteiger partial charge on any atom is 0.315 e. The van der Waals surface area contributed by atoms with Crippen LogP contribution in [0.1, 0.15) is 37.8 Å². The van der Waals surface area contributed by atoms with Crippen LogP contribution in [-0.4, -0.2) is 23.8 Å². The zero-order valence-electron chi connectivity index (χ0n) is 11.9. The number of rotatable bonds is 4. The highest BCUT2D eigenvalue weighted by atomic mass is 35.5. The van der Waals surface area contributed by atoms with Crippen molar-refractivity contribution in [1.82, 2.24) is 10.6 Å². The minimum atomic E-state index is -0.213. The highest BCUT2D eigenvalue weighted by Gasteiger charge is 2.23. The number of aliphatic hydroxyl groups excluding tert-OH is 1. The fourth-order valence-electron chi connectivity index (χ4n) is 2.58. The maximum atomic E-state index is 11.9. The van der Waals surface area contributed by atoms with Crippen LogP contribution in [-0.2, 0) is 0 Å². The zero-order chi connectivity index (χ0) is 15.4. The normalized spacial score (nSPS) is 22.9. The second-order valence-corrected chi connectivity index (χ2v) is 6.40. The lowest BCUT2D eigenvalue weighted by molar-refractivity contribution is 0.177. The van der Waals surface area contributed by atoms with Crippen LogP contribution >= 0.6 is 23.2 Å². The average molecular weight is 331 g/mol. The lowest BCUT2D eigenvalue weighted by Crippen LogP contribution is -2.39. The number of hydrogen-bond acceptors (Lipinski definition) is 2. The molecule has 1 aromatic rings. The molecule has 4 nitrogen and oxygen atoms in total. The summed E-state index contributed by atoms with van der Waals surface area (Å²) in [4.78, 5) is 11.9. The summed E-state index contributed by atoms with van der Waals surface area (Å²) in [5.74, 6) is 0.367. The Labute approximate surface area is 134 Å². The standard InChI is InChI=1S/C15H20Cl2N2O2/c1-9(11-3-5-13(16)14(17)7-11)19-15(21)18-8-10-2-4-12(20)6-10/h3,5,7,9-10,12,20H,2,4,6,8H2,1H3,(H2,18,19,21)/t9-,10+,12+/m0/s1. The molecule has 0 saturated heterocycles. The van der Waals surface area contributed by atoms with E-state index < -0.39 is 0 Å². The third-order valence-electron chi connectivity index (χ3n) is 3.86. The van der Waals surface area contributed by atoms with Crippen molar-refractivity contribution in [3.05, 3.63) is 33.8 Å². The van der Waals surface area contributed by atoms with Crippen molar-refractivity contribution in [2.45, 2.75) is 38.3 Å². The Morgan fingerprint density at radius 2 is 2.14 bits per heavy atom. The first-order chi connectivity index (χ1) is 9.95. The molecule has 21 heavy (non-hydrogen) atoms. The van der Waals surface area contributed by atoms with E-state index in [2.05, 4.69) is 10.6 Å². The number of halogens is 2. The van der Waals surface area contributed by atoms with Gasteiger partial charge in [0.25, 0.3) is 0 Å². The van der Waals surface area contributed by atoms with Crippen LogP contribution < -0.4 is 10.6 Å². The minimum Gasteiger partial charge on any atom is -0.393 e. The summed E-state index contributed by atoms with van der Waals surface area (Å²) in [6, 6.07) is 4.94. The molecule has 1 aliphatic carbocycles. The molecule has 1 fully saturated rings. The van der Waals surface area contributed by atoms with Crippen molar-refractivity contribution in [3.8, 4) is 0 Å². The molecule has 0 spiro atoms. The fraction of sp³-hybridized carbons (Fsp3) is 0.533. The van der Waals surface area contributed by atoms with Gasteiger partial charge in [0, 0.05) is 6.54 Å². The largest absolute Gasteiger partial charge is 0.393 e. The number of urea groups is 1. The topological polar surface area (TPSA) is 61.4 Å². The first-order valence-corrected chi connectivity index (χ1v) is 7.88. The first-order valence-electron chi connectivity index (χ1n) is 7.13. The van der Waals surface area contributed by atoms with Crippen molar-refractivity contribution < 1.29 is 9.90 Å². The molecule has 0 bridgehead atoms. The Bertz CT molecular complexity index is 510.